The van der Waals surface area contributed by atoms with Crippen molar-refractivity contribution in [3.05, 3.63) is 19.8 Å². The molecule has 3 heteroatoms. The lowest BCUT2D eigenvalue weighted by Gasteiger charge is -2.11. The summed E-state index contributed by atoms with van der Waals surface area (Å²) in [5.74, 6) is 0. The third-order valence-electron chi connectivity index (χ3n) is 2.44. The molecule has 1 aliphatic carbocycles. The zero-order valence-electron chi connectivity index (χ0n) is 6.90. The SMILES string of the molecule is NCc1c(Br)sc2c1CCCC2. The van der Waals surface area contributed by atoms with Crippen molar-refractivity contribution in [1.82, 2.24) is 0 Å². The summed E-state index contributed by atoms with van der Waals surface area (Å²) in [5.41, 5.74) is 8.59. The Morgan fingerprint density at radius 1 is 1.33 bits per heavy atom. The van der Waals surface area contributed by atoms with Gasteiger partial charge in [-0.15, -0.1) is 11.3 Å². The molecular formula is C9H12BrNS. The van der Waals surface area contributed by atoms with Gasteiger partial charge >= 0.3 is 0 Å². The van der Waals surface area contributed by atoms with Gasteiger partial charge < -0.3 is 5.73 Å². The Kier molecular flexibility index (Phi) is 2.53. The van der Waals surface area contributed by atoms with E-state index in [9.17, 15) is 0 Å². The van der Waals surface area contributed by atoms with Crippen molar-refractivity contribution < 1.29 is 0 Å². The molecule has 1 nitrogen and oxygen atoms in total. The van der Waals surface area contributed by atoms with Crippen LogP contribution in [0.5, 0.6) is 0 Å². The minimum absolute atomic E-state index is 0.687. The van der Waals surface area contributed by atoms with Crippen LogP contribution in [0.1, 0.15) is 28.8 Å². The molecule has 0 saturated heterocycles. The summed E-state index contributed by atoms with van der Waals surface area (Å²) in [6.07, 6.45) is 5.19. The number of aryl methyl sites for hydroxylation is 1. The largest absolute Gasteiger partial charge is 0.326 e. The van der Waals surface area contributed by atoms with Crippen molar-refractivity contribution in [2.45, 2.75) is 32.2 Å². The number of hydrogen-bond donors (Lipinski definition) is 1. The first-order chi connectivity index (χ1) is 5.83. The van der Waals surface area contributed by atoms with Crippen molar-refractivity contribution in [1.29, 1.82) is 0 Å². The minimum atomic E-state index is 0.687. The molecule has 0 bridgehead atoms. The van der Waals surface area contributed by atoms with Gasteiger partial charge in [0.1, 0.15) is 0 Å². The highest BCUT2D eigenvalue weighted by molar-refractivity contribution is 9.11. The van der Waals surface area contributed by atoms with E-state index >= 15 is 0 Å². The highest BCUT2D eigenvalue weighted by Gasteiger charge is 2.17. The quantitative estimate of drug-likeness (QED) is 0.810. The van der Waals surface area contributed by atoms with Crippen LogP contribution in [0.3, 0.4) is 0 Å². The summed E-state index contributed by atoms with van der Waals surface area (Å²) >= 11 is 5.45. The third kappa shape index (κ3) is 1.34. The molecule has 0 unspecified atom stereocenters. The van der Waals surface area contributed by atoms with Crippen molar-refractivity contribution >= 4 is 27.3 Å². The second-order valence-corrected chi connectivity index (χ2v) is 5.59. The number of hydrogen-bond acceptors (Lipinski definition) is 2. The van der Waals surface area contributed by atoms with E-state index in [1.54, 1.807) is 10.4 Å². The Bertz CT molecular complexity index is 293. The number of halogens is 1. The first-order valence-corrected chi connectivity index (χ1v) is 5.93. The fraction of sp³-hybridized carbons (Fsp3) is 0.556. The van der Waals surface area contributed by atoms with Crippen LogP contribution in [0.25, 0.3) is 0 Å². The molecule has 0 atom stereocenters. The van der Waals surface area contributed by atoms with Crippen molar-refractivity contribution in [3.63, 3.8) is 0 Å². The lowest BCUT2D eigenvalue weighted by Crippen LogP contribution is -2.04. The molecule has 0 fully saturated rings. The molecule has 1 aromatic rings. The summed E-state index contributed by atoms with van der Waals surface area (Å²) < 4.78 is 1.26. The van der Waals surface area contributed by atoms with Crippen LogP contribution in [-0.2, 0) is 19.4 Å². The summed E-state index contributed by atoms with van der Waals surface area (Å²) in [7, 11) is 0. The van der Waals surface area contributed by atoms with Crippen LogP contribution >= 0.6 is 27.3 Å². The topological polar surface area (TPSA) is 26.0 Å². The van der Waals surface area contributed by atoms with Crippen molar-refractivity contribution in [3.8, 4) is 0 Å². The zero-order chi connectivity index (χ0) is 8.55. The molecule has 0 amide bonds. The van der Waals surface area contributed by atoms with Crippen LogP contribution in [0.2, 0.25) is 0 Å². The summed E-state index contributed by atoms with van der Waals surface area (Å²) in [6.45, 7) is 0.687. The van der Waals surface area contributed by atoms with Gasteiger partial charge in [-0.2, -0.15) is 0 Å². The number of fused-ring (bicyclic) bond motifs is 1. The summed E-state index contributed by atoms with van der Waals surface area (Å²) in [4.78, 5) is 1.56. The molecule has 0 saturated carbocycles. The van der Waals surface area contributed by atoms with E-state index in [4.69, 9.17) is 5.73 Å². The second kappa shape index (κ2) is 3.48. The highest BCUT2D eigenvalue weighted by Crippen LogP contribution is 2.37. The van der Waals surface area contributed by atoms with Gasteiger partial charge in [0.15, 0.2) is 0 Å². The van der Waals surface area contributed by atoms with E-state index in [0.717, 1.165) is 0 Å². The van der Waals surface area contributed by atoms with Gasteiger partial charge in [0.25, 0.3) is 0 Å². The smallest absolute Gasteiger partial charge is 0.0749 e. The molecule has 1 aromatic heterocycles. The number of rotatable bonds is 1. The van der Waals surface area contributed by atoms with Gasteiger partial charge in [0.2, 0.25) is 0 Å². The Balaban J connectivity index is 2.46. The molecule has 0 aromatic carbocycles. The maximum Gasteiger partial charge on any atom is 0.0749 e. The second-order valence-electron chi connectivity index (χ2n) is 3.17. The molecular weight excluding hydrogens is 234 g/mol. The van der Waals surface area contributed by atoms with E-state index in [-0.39, 0.29) is 0 Å². The summed E-state index contributed by atoms with van der Waals surface area (Å²) in [6, 6.07) is 0. The minimum Gasteiger partial charge on any atom is -0.326 e. The maximum atomic E-state index is 5.70. The molecule has 0 radical (unpaired) electrons. The van der Waals surface area contributed by atoms with Crippen LogP contribution < -0.4 is 5.73 Å². The van der Waals surface area contributed by atoms with Gasteiger partial charge in [0, 0.05) is 11.4 Å². The van der Waals surface area contributed by atoms with E-state index < -0.39 is 0 Å². The molecule has 0 spiro atoms. The lowest BCUT2D eigenvalue weighted by atomic mass is 9.96. The number of nitrogens with two attached hydrogens (primary N) is 1. The Hall–Kier alpha value is 0.140. The first kappa shape index (κ1) is 8.73. The molecule has 2 rings (SSSR count). The van der Waals surface area contributed by atoms with Gasteiger partial charge in [-0.05, 0) is 52.7 Å². The van der Waals surface area contributed by atoms with Crippen molar-refractivity contribution in [2.24, 2.45) is 5.73 Å². The molecule has 1 heterocycles. The Morgan fingerprint density at radius 2 is 2.08 bits per heavy atom. The van der Waals surface area contributed by atoms with E-state index in [1.807, 2.05) is 11.3 Å². The predicted octanol–water partition coefficient (Wildman–Crippen LogP) is 2.85. The Morgan fingerprint density at radius 3 is 2.83 bits per heavy atom. The molecule has 66 valence electrons. The van der Waals surface area contributed by atoms with Gasteiger partial charge in [-0.3, -0.25) is 0 Å². The Labute approximate surface area is 85.1 Å². The van der Waals surface area contributed by atoms with Crippen LogP contribution in [-0.4, -0.2) is 0 Å². The van der Waals surface area contributed by atoms with Crippen LogP contribution in [0.4, 0.5) is 0 Å². The van der Waals surface area contributed by atoms with Crippen LogP contribution in [0, 0.1) is 0 Å². The molecule has 12 heavy (non-hydrogen) atoms. The molecule has 1 aliphatic rings. The maximum absolute atomic E-state index is 5.70. The third-order valence-corrected chi connectivity index (χ3v) is 4.52. The van der Waals surface area contributed by atoms with Crippen molar-refractivity contribution in [2.75, 3.05) is 0 Å². The molecule has 2 N–H and O–H groups in total. The fourth-order valence-corrected chi connectivity index (χ4v) is 3.93. The summed E-state index contributed by atoms with van der Waals surface area (Å²) in [5, 5.41) is 0. The van der Waals surface area contributed by atoms with E-state index in [0.29, 0.717) is 6.54 Å². The van der Waals surface area contributed by atoms with Gasteiger partial charge in [-0.1, -0.05) is 0 Å². The van der Waals surface area contributed by atoms with Gasteiger partial charge in [-0.25, -0.2) is 0 Å². The molecule has 0 aliphatic heterocycles. The lowest BCUT2D eigenvalue weighted by molar-refractivity contribution is 0.690. The predicted molar refractivity (Wildman–Crippen MR) is 56.6 cm³/mol. The number of thiophene rings is 1. The highest BCUT2D eigenvalue weighted by atomic mass is 79.9. The normalized spacial score (nSPS) is 16.2. The standard InChI is InChI=1S/C9H12BrNS/c10-9-7(5-11)6-3-1-2-4-8(6)12-9/h1-5,11H2. The first-order valence-electron chi connectivity index (χ1n) is 4.32. The zero-order valence-corrected chi connectivity index (χ0v) is 9.30. The van der Waals surface area contributed by atoms with Crippen LogP contribution in [0.15, 0.2) is 3.79 Å². The monoisotopic (exact) mass is 245 g/mol. The average Bonchev–Trinajstić information content (AvgIpc) is 2.40. The average molecular weight is 246 g/mol. The van der Waals surface area contributed by atoms with Gasteiger partial charge in [0.05, 0.1) is 3.79 Å². The fourth-order valence-electron chi connectivity index (χ4n) is 1.80. The van der Waals surface area contributed by atoms with E-state index in [1.165, 1.54) is 35.0 Å². The van der Waals surface area contributed by atoms with E-state index in [2.05, 4.69) is 15.9 Å².